The number of carboxylic acid groups (broad SMARTS) is 1. The van der Waals surface area contributed by atoms with Crippen molar-refractivity contribution in [2.75, 3.05) is 0 Å². The molecule has 0 amide bonds. The second kappa shape index (κ2) is 10.0. The van der Waals surface area contributed by atoms with Gasteiger partial charge in [0.05, 0.1) is 18.3 Å². The van der Waals surface area contributed by atoms with Crippen molar-refractivity contribution in [2.24, 2.45) is 39.9 Å². The molecule has 4 rings (SSSR count). The third kappa shape index (κ3) is 4.19. The van der Waals surface area contributed by atoms with E-state index in [-0.39, 0.29) is 29.1 Å². The van der Waals surface area contributed by atoms with Gasteiger partial charge in [0.1, 0.15) is 6.10 Å². The van der Waals surface area contributed by atoms with Gasteiger partial charge in [-0.1, -0.05) is 39.3 Å². The molecular formula is C31H48O7. The van der Waals surface area contributed by atoms with Crippen LogP contribution in [-0.4, -0.2) is 56.8 Å². The second-order valence-corrected chi connectivity index (χ2v) is 13.7. The molecule has 0 aromatic heterocycles. The molecule has 4 aliphatic carbocycles. The summed E-state index contributed by atoms with van der Waals surface area (Å²) in [7, 11) is 0. The lowest BCUT2D eigenvalue weighted by molar-refractivity contribution is -0.284. The third-order valence-corrected chi connectivity index (χ3v) is 11.7. The molecule has 0 aliphatic heterocycles. The molecule has 4 N–H and O–H groups in total. The van der Waals surface area contributed by atoms with E-state index in [0.717, 1.165) is 24.8 Å². The fourth-order valence-electron chi connectivity index (χ4n) is 9.84. The monoisotopic (exact) mass is 532 g/mol. The van der Waals surface area contributed by atoms with Gasteiger partial charge in [-0.05, 0) is 98.9 Å². The van der Waals surface area contributed by atoms with Gasteiger partial charge in [-0.25, -0.2) is 4.79 Å². The number of esters is 1. The molecule has 38 heavy (non-hydrogen) atoms. The fraction of sp³-hybridized carbons (Fsp3) is 0.806. The molecule has 0 radical (unpaired) electrons. The molecule has 0 bridgehead atoms. The summed E-state index contributed by atoms with van der Waals surface area (Å²) in [6.45, 7) is 13.7. The molecule has 0 unspecified atom stereocenters. The molecular weight excluding hydrogens is 484 g/mol. The Hall–Kier alpha value is -1.70. The molecule has 4 fully saturated rings. The maximum atomic E-state index is 12.6. The van der Waals surface area contributed by atoms with E-state index in [1.165, 1.54) is 6.92 Å². The topological polar surface area (TPSA) is 124 Å². The van der Waals surface area contributed by atoms with E-state index in [9.17, 15) is 30.0 Å². The number of aliphatic hydroxyl groups excluding tert-OH is 3. The molecule has 4 saturated carbocycles. The average molecular weight is 533 g/mol. The van der Waals surface area contributed by atoms with E-state index in [4.69, 9.17) is 4.74 Å². The highest BCUT2D eigenvalue weighted by Crippen LogP contribution is 2.74. The number of hydrogen-bond acceptors (Lipinski definition) is 6. The highest BCUT2D eigenvalue weighted by Gasteiger charge is 2.73. The Morgan fingerprint density at radius 3 is 2.29 bits per heavy atom. The van der Waals surface area contributed by atoms with Crippen LogP contribution in [0.1, 0.15) is 93.4 Å². The molecule has 0 aromatic carbocycles. The van der Waals surface area contributed by atoms with Crippen LogP contribution in [0.5, 0.6) is 0 Å². The van der Waals surface area contributed by atoms with E-state index in [1.54, 1.807) is 0 Å². The number of carbonyl (C=O) groups is 2. The molecule has 0 heterocycles. The van der Waals surface area contributed by atoms with Crippen LogP contribution >= 0.6 is 0 Å². The Morgan fingerprint density at radius 2 is 1.71 bits per heavy atom. The van der Waals surface area contributed by atoms with E-state index < -0.39 is 47.2 Å². The molecule has 214 valence electrons. The van der Waals surface area contributed by atoms with Crippen LogP contribution < -0.4 is 0 Å². The third-order valence-electron chi connectivity index (χ3n) is 11.7. The maximum Gasteiger partial charge on any atom is 0.331 e. The highest BCUT2D eigenvalue weighted by atomic mass is 16.5. The highest BCUT2D eigenvalue weighted by molar-refractivity contribution is 5.88. The van der Waals surface area contributed by atoms with Crippen LogP contribution in [0.4, 0.5) is 0 Å². The number of carboxylic acids is 1. The summed E-state index contributed by atoms with van der Waals surface area (Å²) >= 11 is 0. The molecule has 7 heteroatoms. The first-order chi connectivity index (χ1) is 17.6. The summed E-state index contributed by atoms with van der Waals surface area (Å²) in [5.74, 6) is -1.89. The summed E-state index contributed by atoms with van der Waals surface area (Å²) in [5.41, 5.74) is 0.534. The lowest BCUT2D eigenvalue weighted by atomic mass is 9.35. The van der Waals surface area contributed by atoms with Gasteiger partial charge in [-0.3, -0.25) is 4.79 Å². The lowest BCUT2D eigenvalue weighted by Gasteiger charge is -2.70. The molecule has 4 aliphatic rings. The normalized spacial score (nSPS) is 47.3. The largest absolute Gasteiger partial charge is 0.478 e. The summed E-state index contributed by atoms with van der Waals surface area (Å²) < 4.78 is 5.84. The van der Waals surface area contributed by atoms with Crippen molar-refractivity contribution in [3.8, 4) is 0 Å². The zero-order valence-corrected chi connectivity index (χ0v) is 24.2. The predicted octanol–water partition coefficient (Wildman–Crippen LogP) is 4.64. The van der Waals surface area contributed by atoms with Gasteiger partial charge in [-0.2, -0.15) is 0 Å². The minimum absolute atomic E-state index is 0.0749. The predicted molar refractivity (Wildman–Crippen MR) is 144 cm³/mol. The first-order valence-corrected chi connectivity index (χ1v) is 14.4. The van der Waals surface area contributed by atoms with Gasteiger partial charge in [0.25, 0.3) is 0 Å². The van der Waals surface area contributed by atoms with Crippen LogP contribution in [0.3, 0.4) is 0 Å². The van der Waals surface area contributed by atoms with Gasteiger partial charge in [0, 0.05) is 17.9 Å². The summed E-state index contributed by atoms with van der Waals surface area (Å²) in [6, 6.07) is 0. The van der Waals surface area contributed by atoms with Crippen LogP contribution in [0, 0.1) is 39.9 Å². The fourth-order valence-corrected chi connectivity index (χ4v) is 9.84. The number of hydrogen-bond donors (Lipinski definition) is 4. The van der Waals surface area contributed by atoms with Crippen molar-refractivity contribution in [3.63, 3.8) is 0 Å². The zero-order valence-electron chi connectivity index (χ0n) is 24.2. The van der Waals surface area contributed by atoms with Crippen LogP contribution in [-0.2, 0) is 14.3 Å². The van der Waals surface area contributed by atoms with E-state index >= 15 is 0 Å². The van der Waals surface area contributed by atoms with E-state index in [2.05, 4.69) is 20.8 Å². The minimum Gasteiger partial charge on any atom is -0.478 e. The Balaban J connectivity index is 1.85. The number of aliphatic hydroxyl groups is 3. The Bertz CT molecular complexity index is 1030. The SMILES string of the molecule is CC(=O)O[C@H]1C[C@@]2(C)[C@@H](CC[C@H]3[C@@]4(C)CC[C@@H](O)[C@H](C)[C@@H]4[C@@H](O)[C@H](O)[C@@]32C)/C1=C(\CCC=C(C)C)C(=O)O. The van der Waals surface area contributed by atoms with Crippen LogP contribution in [0.25, 0.3) is 0 Å². The van der Waals surface area contributed by atoms with Crippen LogP contribution in [0.2, 0.25) is 0 Å². The van der Waals surface area contributed by atoms with Gasteiger partial charge in [0.15, 0.2) is 0 Å². The van der Waals surface area contributed by atoms with Crippen molar-refractivity contribution < 1.29 is 34.8 Å². The number of allylic oxidation sites excluding steroid dienone is 2. The Morgan fingerprint density at radius 1 is 1.05 bits per heavy atom. The molecule has 7 nitrogen and oxygen atoms in total. The van der Waals surface area contributed by atoms with E-state index in [1.807, 2.05) is 26.8 Å². The maximum absolute atomic E-state index is 12.6. The number of rotatable bonds is 5. The van der Waals surface area contributed by atoms with E-state index in [0.29, 0.717) is 36.8 Å². The van der Waals surface area contributed by atoms with Crippen molar-refractivity contribution in [3.05, 3.63) is 22.8 Å². The zero-order chi connectivity index (χ0) is 28.4. The summed E-state index contributed by atoms with van der Waals surface area (Å²) in [5, 5.41) is 44.6. The standard InChI is InChI=1S/C31H48O7/c1-16(2)9-8-10-19(28(36)37)24-20-11-12-23-29(5)14-13-21(33)17(3)25(29)26(34)27(35)31(23,7)30(20,6)15-22(24)38-18(4)32/h9,17,20-23,25-27,33-35H,8,10-15H2,1-7H3,(H,36,37)/b24-19-/t17-,20-,21+,22-,23-,25+,26+,27-,29+,30-,31+/m0/s1. The van der Waals surface area contributed by atoms with Crippen LogP contribution in [0.15, 0.2) is 22.8 Å². The van der Waals surface area contributed by atoms with Crippen molar-refractivity contribution >= 4 is 11.9 Å². The Labute approximate surface area is 227 Å². The Kier molecular flexibility index (Phi) is 7.74. The second-order valence-electron chi connectivity index (χ2n) is 13.7. The van der Waals surface area contributed by atoms with Gasteiger partial charge < -0.3 is 25.2 Å². The molecule has 0 saturated heterocycles. The first-order valence-electron chi connectivity index (χ1n) is 14.4. The minimum atomic E-state index is -1.04. The van der Waals surface area contributed by atoms with Crippen molar-refractivity contribution in [1.82, 2.24) is 0 Å². The molecule has 0 spiro atoms. The quantitative estimate of drug-likeness (QED) is 0.231. The lowest BCUT2D eigenvalue weighted by Crippen LogP contribution is -2.71. The number of ether oxygens (including phenoxy) is 1. The first kappa shape index (κ1) is 29.3. The average Bonchev–Trinajstić information content (AvgIpc) is 3.09. The van der Waals surface area contributed by atoms with Crippen molar-refractivity contribution in [1.29, 1.82) is 0 Å². The number of carbonyl (C=O) groups excluding carboxylic acids is 1. The van der Waals surface area contributed by atoms with Crippen molar-refractivity contribution in [2.45, 2.75) is 118 Å². The molecule has 11 atom stereocenters. The summed E-state index contributed by atoms with van der Waals surface area (Å²) in [6.07, 6.45) is 3.13. The smallest absolute Gasteiger partial charge is 0.331 e. The van der Waals surface area contributed by atoms with Gasteiger partial charge in [0.2, 0.25) is 0 Å². The van der Waals surface area contributed by atoms with Gasteiger partial charge in [-0.15, -0.1) is 0 Å². The summed E-state index contributed by atoms with van der Waals surface area (Å²) in [4.78, 5) is 24.8. The number of aliphatic carboxylic acids is 1. The molecule has 0 aromatic rings. The number of fused-ring (bicyclic) bond motifs is 5. The van der Waals surface area contributed by atoms with Gasteiger partial charge >= 0.3 is 11.9 Å².